The van der Waals surface area contributed by atoms with Crippen LogP contribution in [0, 0.1) is 19.8 Å². The molecule has 0 saturated heterocycles. The highest BCUT2D eigenvalue weighted by Gasteiger charge is 2.26. The number of thioether (sulfide) groups is 1. The third-order valence-electron chi connectivity index (χ3n) is 3.81. The quantitative estimate of drug-likeness (QED) is 0.829. The van der Waals surface area contributed by atoms with E-state index >= 15 is 0 Å². The van der Waals surface area contributed by atoms with Crippen molar-refractivity contribution in [2.24, 2.45) is 5.92 Å². The Balaban J connectivity index is 1.56. The Kier molecular flexibility index (Phi) is 4.51. The maximum Gasteiger partial charge on any atom is 0.254 e. The Morgan fingerprint density at radius 1 is 1.48 bits per heavy atom. The zero-order valence-electron chi connectivity index (χ0n) is 13.2. The van der Waals surface area contributed by atoms with Crippen molar-refractivity contribution < 1.29 is 4.79 Å². The molecule has 1 atom stereocenters. The van der Waals surface area contributed by atoms with E-state index in [-0.39, 0.29) is 17.4 Å². The summed E-state index contributed by atoms with van der Waals surface area (Å²) in [7, 11) is 0. The van der Waals surface area contributed by atoms with Crippen LogP contribution in [0.25, 0.3) is 0 Å². The zero-order chi connectivity index (χ0) is 16.4. The highest BCUT2D eigenvalue weighted by Crippen LogP contribution is 2.24. The van der Waals surface area contributed by atoms with Gasteiger partial charge in [0, 0.05) is 36.8 Å². The lowest BCUT2D eigenvalue weighted by molar-refractivity contribution is -0.124. The molecule has 1 aliphatic heterocycles. The molecule has 3 rings (SSSR count). The molecule has 0 aliphatic carbocycles. The average molecular weight is 333 g/mol. The third-order valence-corrected chi connectivity index (χ3v) is 4.97. The van der Waals surface area contributed by atoms with Crippen LogP contribution in [-0.4, -0.2) is 37.5 Å². The first kappa shape index (κ1) is 15.8. The van der Waals surface area contributed by atoms with Crippen LogP contribution in [-0.2, 0) is 17.9 Å². The van der Waals surface area contributed by atoms with Crippen molar-refractivity contribution in [2.75, 3.05) is 12.3 Å². The number of nitrogens with zero attached hydrogens (tertiary/aromatic N) is 4. The number of carbonyl (C=O) groups excluding carboxylic acids is 1. The van der Waals surface area contributed by atoms with E-state index in [0.717, 1.165) is 11.4 Å². The minimum atomic E-state index is -0.213. The second-order valence-electron chi connectivity index (χ2n) is 5.63. The van der Waals surface area contributed by atoms with Gasteiger partial charge in [0.2, 0.25) is 5.91 Å². The molecule has 1 aliphatic rings. The van der Waals surface area contributed by atoms with Gasteiger partial charge in [0.05, 0.1) is 18.2 Å². The van der Waals surface area contributed by atoms with Crippen LogP contribution in [0.1, 0.15) is 11.4 Å². The van der Waals surface area contributed by atoms with Gasteiger partial charge >= 0.3 is 0 Å². The maximum atomic E-state index is 12.3. The predicted octanol–water partition coefficient (Wildman–Crippen LogP) is 0.595. The first-order valence-electron chi connectivity index (χ1n) is 7.52. The van der Waals surface area contributed by atoms with E-state index in [4.69, 9.17) is 0 Å². The summed E-state index contributed by atoms with van der Waals surface area (Å²) < 4.78 is 3.45. The van der Waals surface area contributed by atoms with Crippen molar-refractivity contribution in [3.63, 3.8) is 0 Å². The number of aromatic nitrogens is 4. The van der Waals surface area contributed by atoms with E-state index < -0.39 is 0 Å². The van der Waals surface area contributed by atoms with Gasteiger partial charge in [0.25, 0.3) is 5.56 Å². The lowest BCUT2D eigenvalue weighted by atomic mass is 10.1. The predicted molar refractivity (Wildman–Crippen MR) is 87.4 cm³/mol. The molecular weight excluding hydrogens is 314 g/mol. The van der Waals surface area contributed by atoms with Crippen molar-refractivity contribution in [3.05, 3.63) is 40.1 Å². The SMILES string of the molecule is Cc1cc(C)n(CCNC(=O)C2CSc3nccc(=O)n3C2)n1. The lowest BCUT2D eigenvalue weighted by Gasteiger charge is -2.23. The summed E-state index contributed by atoms with van der Waals surface area (Å²) >= 11 is 1.45. The molecule has 122 valence electrons. The number of fused-ring (bicyclic) bond motifs is 1. The number of aryl methyl sites for hydroxylation is 2. The van der Waals surface area contributed by atoms with Gasteiger partial charge < -0.3 is 5.32 Å². The van der Waals surface area contributed by atoms with Gasteiger partial charge in [-0.2, -0.15) is 5.10 Å². The number of hydrogen-bond donors (Lipinski definition) is 1. The Morgan fingerprint density at radius 3 is 3.04 bits per heavy atom. The molecule has 1 unspecified atom stereocenters. The number of carbonyl (C=O) groups is 1. The molecule has 0 spiro atoms. The standard InChI is InChI=1S/C15H19N5O2S/c1-10-7-11(2)20(18-10)6-5-16-14(22)12-8-19-13(21)3-4-17-15(19)23-9-12/h3-4,7,12H,5-6,8-9H2,1-2H3,(H,16,22). The molecule has 0 bridgehead atoms. The highest BCUT2D eigenvalue weighted by atomic mass is 32.2. The smallest absolute Gasteiger partial charge is 0.254 e. The second kappa shape index (κ2) is 6.57. The molecule has 0 saturated carbocycles. The molecule has 0 radical (unpaired) electrons. The van der Waals surface area contributed by atoms with Gasteiger partial charge in [0.15, 0.2) is 5.16 Å². The van der Waals surface area contributed by atoms with Gasteiger partial charge in [-0.05, 0) is 19.9 Å². The zero-order valence-corrected chi connectivity index (χ0v) is 14.0. The van der Waals surface area contributed by atoms with E-state index in [0.29, 0.717) is 30.5 Å². The van der Waals surface area contributed by atoms with E-state index in [1.54, 1.807) is 4.57 Å². The topological polar surface area (TPSA) is 81.8 Å². The summed E-state index contributed by atoms with van der Waals surface area (Å²) in [5, 5.41) is 7.99. The summed E-state index contributed by atoms with van der Waals surface area (Å²) in [5.74, 6) is 0.401. The number of hydrogen-bond acceptors (Lipinski definition) is 5. The summed E-state index contributed by atoms with van der Waals surface area (Å²) in [6, 6.07) is 3.43. The number of amides is 1. The molecule has 1 N–H and O–H groups in total. The van der Waals surface area contributed by atoms with Gasteiger partial charge in [-0.15, -0.1) is 0 Å². The lowest BCUT2D eigenvalue weighted by Crippen LogP contribution is -2.40. The van der Waals surface area contributed by atoms with Gasteiger partial charge in [-0.1, -0.05) is 11.8 Å². The Hall–Kier alpha value is -2.09. The Bertz CT molecular complexity index is 782. The summed E-state index contributed by atoms with van der Waals surface area (Å²) in [6.45, 7) is 5.50. The number of rotatable bonds is 4. The Morgan fingerprint density at radius 2 is 2.30 bits per heavy atom. The fraction of sp³-hybridized carbons (Fsp3) is 0.467. The molecule has 0 aromatic carbocycles. The van der Waals surface area contributed by atoms with Crippen LogP contribution in [0.4, 0.5) is 0 Å². The molecule has 3 heterocycles. The van der Waals surface area contributed by atoms with Crippen molar-refractivity contribution >= 4 is 17.7 Å². The summed E-state index contributed by atoms with van der Waals surface area (Å²) in [6.07, 6.45) is 1.51. The molecule has 0 fully saturated rings. The Labute approximate surface area is 138 Å². The first-order chi connectivity index (χ1) is 11.0. The van der Waals surface area contributed by atoms with Gasteiger partial charge in [-0.3, -0.25) is 18.8 Å². The molecule has 2 aromatic heterocycles. The fourth-order valence-corrected chi connectivity index (χ4v) is 3.70. The van der Waals surface area contributed by atoms with Crippen molar-refractivity contribution in [3.8, 4) is 0 Å². The average Bonchev–Trinajstić information content (AvgIpc) is 2.85. The highest BCUT2D eigenvalue weighted by molar-refractivity contribution is 7.99. The monoisotopic (exact) mass is 333 g/mol. The van der Waals surface area contributed by atoms with Crippen LogP contribution < -0.4 is 10.9 Å². The summed E-state index contributed by atoms with van der Waals surface area (Å²) in [5.41, 5.74) is 1.94. The van der Waals surface area contributed by atoms with Gasteiger partial charge in [-0.25, -0.2) is 4.98 Å². The van der Waals surface area contributed by atoms with Gasteiger partial charge in [0.1, 0.15) is 0 Å². The molecular formula is C15H19N5O2S. The van der Waals surface area contributed by atoms with Crippen LogP contribution in [0.2, 0.25) is 0 Å². The van der Waals surface area contributed by atoms with Crippen molar-refractivity contribution in [1.82, 2.24) is 24.6 Å². The summed E-state index contributed by atoms with van der Waals surface area (Å²) in [4.78, 5) is 28.3. The van der Waals surface area contributed by atoms with E-state index in [2.05, 4.69) is 15.4 Å². The molecule has 7 nitrogen and oxygen atoms in total. The largest absolute Gasteiger partial charge is 0.354 e. The minimum Gasteiger partial charge on any atom is -0.354 e. The van der Waals surface area contributed by atoms with E-state index in [1.807, 2.05) is 24.6 Å². The normalized spacial score (nSPS) is 16.9. The van der Waals surface area contributed by atoms with Crippen LogP contribution in [0.5, 0.6) is 0 Å². The van der Waals surface area contributed by atoms with Crippen molar-refractivity contribution in [1.29, 1.82) is 0 Å². The van der Waals surface area contributed by atoms with Crippen LogP contribution in [0.15, 0.2) is 28.3 Å². The minimum absolute atomic E-state index is 0.0274. The molecule has 2 aromatic rings. The third kappa shape index (κ3) is 3.47. The van der Waals surface area contributed by atoms with Crippen LogP contribution >= 0.6 is 11.8 Å². The number of nitrogens with one attached hydrogen (secondary N) is 1. The fourth-order valence-electron chi connectivity index (χ4n) is 2.64. The van der Waals surface area contributed by atoms with E-state index in [9.17, 15) is 9.59 Å². The first-order valence-corrected chi connectivity index (χ1v) is 8.50. The van der Waals surface area contributed by atoms with E-state index in [1.165, 1.54) is 24.0 Å². The molecule has 8 heteroatoms. The molecule has 1 amide bonds. The van der Waals surface area contributed by atoms with Crippen LogP contribution in [0.3, 0.4) is 0 Å². The molecule has 23 heavy (non-hydrogen) atoms. The second-order valence-corrected chi connectivity index (χ2v) is 6.61. The van der Waals surface area contributed by atoms with Crippen molar-refractivity contribution in [2.45, 2.75) is 32.1 Å². The maximum absolute atomic E-state index is 12.3.